The first-order valence-corrected chi connectivity index (χ1v) is 9.15. The summed E-state index contributed by atoms with van der Waals surface area (Å²) in [5.74, 6) is 1.79. The van der Waals surface area contributed by atoms with Gasteiger partial charge < -0.3 is 10.3 Å². The summed E-state index contributed by atoms with van der Waals surface area (Å²) >= 11 is 0. The Hall–Kier alpha value is -2.17. The van der Waals surface area contributed by atoms with Crippen LogP contribution in [0, 0.1) is 12.8 Å². The van der Waals surface area contributed by atoms with Crippen LogP contribution in [0.3, 0.4) is 0 Å². The van der Waals surface area contributed by atoms with Gasteiger partial charge in [0, 0.05) is 13.1 Å². The monoisotopic (exact) mass is 334 g/mol. The molecule has 4 nitrogen and oxygen atoms in total. The molecular formula is C21H26N4. The first-order valence-electron chi connectivity index (χ1n) is 9.15. The van der Waals surface area contributed by atoms with E-state index in [0.717, 1.165) is 44.1 Å². The lowest BCUT2D eigenvalue weighted by atomic mass is 10.1. The van der Waals surface area contributed by atoms with Gasteiger partial charge in [-0.2, -0.15) is 0 Å². The Bertz CT molecular complexity index is 850. The number of fused-ring (bicyclic) bond motifs is 1. The van der Waals surface area contributed by atoms with Gasteiger partial charge in [0.05, 0.1) is 17.6 Å². The zero-order chi connectivity index (χ0) is 17.2. The van der Waals surface area contributed by atoms with E-state index in [1.54, 1.807) is 0 Å². The van der Waals surface area contributed by atoms with Crippen LogP contribution in [0.15, 0.2) is 48.5 Å². The minimum Gasteiger partial charge on any atom is -0.330 e. The second-order valence-electron chi connectivity index (χ2n) is 7.21. The molecule has 2 heterocycles. The van der Waals surface area contributed by atoms with E-state index in [2.05, 4.69) is 64.9 Å². The molecule has 1 aromatic heterocycles. The third-order valence-electron chi connectivity index (χ3n) is 5.26. The maximum atomic E-state index is 5.85. The molecule has 0 radical (unpaired) electrons. The Kier molecular flexibility index (Phi) is 4.55. The molecule has 3 aromatic rings. The Morgan fingerprint density at radius 1 is 1.08 bits per heavy atom. The number of rotatable bonds is 5. The molecule has 1 aliphatic rings. The minimum atomic E-state index is 0.634. The summed E-state index contributed by atoms with van der Waals surface area (Å²) in [6.07, 6.45) is 1.20. The second-order valence-corrected chi connectivity index (χ2v) is 7.21. The standard InChI is InChI=1S/C21H26N4/c1-16-6-8-17(9-7-16)14-25-20-5-3-2-4-19(20)23-21(25)15-24-11-10-18(12-22)13-24/h2-9,18H,10-15,22H2,1H3/t18-/m0/s1. The molecule has 1 atom stereocenters. The van der Waals surface area contributed by atoms with Gasteiger partial charge >= 0.3 is 0 Å². The van der Waals surface area contributed by atoms with Crippen molar-refractivity contribution < 1.29 is 0 Å². The highest BCUT2D eigenvalue weighted by Crippen LogP contribution is 2.22. The number of imidazole rings is 1. The molecule has 0 aliphatic carbocycles. The van der Waals surface area contributed by atoms with E-state index >= 15 is 0 Å². The lowest BCUT2D eigenvalue weighted by Gasteiger charge is -2.17. The summed E-state index contributed by atoms with van der Waals surface area (Å²) in [6, 6.07) is 17.2. The lowest BCUT2D eigenvalue weighted by molar-refractivity contribution is 0.306. The van der Waals surface area contributed by atoms with E-state index in [9.17, 15) is 0 Å². The van der Waals surface area contributed by atoms with Crippen molar-refractivity contribution in [3.63, 3.8) is 0 Å². The van der Waals surface area contributed by atoms with Crippen molar-refractivity contribution in [1.29, 1.82) is 0 Å². The topological polar surface area (TPSA) is 47.1 Å². The molecule has 0 saturated carbocycles. The smallest absolute Gasteiger partial charge is 0.124 e. The highest BCUT2D eigenvalue weighted by Gasteiger charge is 2.23. The molecule has 25 heavy (non-hydrogen) atoms. The summed E-state index contributed by atoms with van der Waals surface area (Å²) in [6.45, 7) is 6.89. The maximum absolute atomic E-state index is 5.85. The maximum Gasteiger partial charge on any atom is 0.124 e. The minimum absolute atomic E-state index is 0.634. The van der Waals surface area contributed by atoms with Crippen molar-refractivity contribution in [1.82, 2.24) is 14.5 Å². The van der Waals surface area contributed by atoms with Crippen LogP contribution < -0.4 is 5.73 Å². The van der Waals surface area contributed by atoms with Crippen molar-refractivity contribution in [2.45, 2.75) is 26.4 Å². The van der Waals surface area contributed by atoms with Gasteiger partial charge in [0.1, 0.15) is 5.82 Å². The number of nitrogens with zero attached hydrogens (tertiary/aromatic N) is 3. The van der Waals surface area contributed by atoms with Gasteiger partial charge in [-0.05, 0) is 50.0 Å². The van der Waals surface area contributed by atoms with E-state index in [1.165, 1.54) is 23.1 Å². The fourth-order valence-corrected chi connectivity index (χ4v) is 3.75. The summed E-state index contributed by atoms with van der Waals surface area (Å²) in [4.78, 5) is 7.42. The zero-order valence-electron chi connectivity index (χ0n) is 14.9. The fraction of sp³-hybridized carbons (Fsp3) is 0.381. The van der Waals surface area contributed by atoms with Gasteiger partial charge in [0.25, 0.3) is 0 Å². The van der Waals surface area contributed by atoms with Crippen molar-refractivity contribution in [2.75, 3.05) is 19.6 Å². The van der Waals surface area contributed by atoms with E-state index in [-0.39, 0.29) is 0 Å². The largest absolute Gasteiger partial charge is 0.330 e. The number of benzene rings is 2. The number of para-hydroxylation sites is 2. The second kappa shape index (κ2) is 6.98. The van der Waals surface area contributed by atoms with Crippen LogP contribution in [0.1, 0.15) is 23.4 Å². The van der Waals surface area contributed by atoms with Crippen LogP contribution in [0.5, 0.6) is 0 Å². The van der Waals surface area contributed by atoms with E-state index in [1.807, 2.05) is 0 Å². The molecule has 0 spiro atoms. The number of aryl methyl sites for hydroxylation is 1. The molecule has 1 fully saturated rings. The number of hydrogen-bond donors (Lipinski definition) is 1. The SMILES string of the molecule is Cc1ccc(Cn2c(CN3CC[C@@H](CN)C3)nc3ccccc32)cc1. The van der Waals surface area contributed by atoms with Crippen LogP contribution >= 0.6 is 0 Å². The highest BCUT2D eigenvalue weighted by molar-refractivity contribution is 5.76. The van der Waals surface area contributed by atoms with Crippen molar-refractivity contribution in [3.05, 3.63) is 65.5 Å². The van der Waals surface area contributed by atoms with Crippen LogP contribution in [0.2, 0.25) is 0 Å². The number of hydrogen-bond acceptors (Lipinski definition) is 3. The summed E-state index contributed by atoms with van der Waals surface area (Å²) in [5, 5.41) is 0. The Morgan fingerprint density at radius 3 is 2.64 bits per heavy atom. The average molecular weight is 334 g/mol. The van der Waals surface area contributed by atoms with Crippen LogP contribution in [-0.4, -0.2) is 34.1 Å². The highest BCUT2D eigenvalue weighted by atomic mass is 15.2. The molecule has 1 aliphatic heterocycles. The van der Waals surface area contributed by atoms with E-state index < -0.39 is 0 Å². The summed E-state index contributed by atoms with van der Waals surface area (Å²) in [7, 11) is 0. The molecular weight excluding hydrogens is 308 g/mol. The van der Waals surface area contributed by atoms with Crippen molar-refractivity contribution in [3.8, 4) is 0 Å². The summed E-state index contributed by atoms with van der Waals surface area (Å²) in [5.41, 5.74) is 10.8. The fourth-order valence-electron chi connectivity index (χ4n) is 3.75. The zero-order valence-corrected chi connectivity index (χ0v) is 14.9. The van der Waals surface area contributed by atoms with Crippen molar-refractivity contribution >= 4 is 11.0 Å². The first kappa shape index (κ1) is 16.3. The number of aromatic nitrogens is 2. The lowest BCUT2D eigenvalue weighted by Crippen LogP contribution is -2.24. The van der Waals surface area contributed by atoms with Crippen LogP contribution in [0.25, 0.3) is 11.0 Å². The third kappa shape index (κ3) is 3.46. The van der Waals surface area contributed by atoms with Gasteiger partial charge in [-0.25, -0.2) is 4.98 Å². The normalized spacial score (nSPS) is 18.2. The average Bonchev–Trinajstić information content (AvgIpc) is 3.22. The third-order valence-corrected chi connectivity index (χ3v) is 5.26. The van der Waals surface area contributed by atoms with Gasteiger partial charge in [-0.15, -0.1) is 0 Å². The Labute approximate surface area is 149 Å². The molecule has 4 rings (SSSR count). The number of likely N-dealkylation sites (tertiary alicyclic amines) is 1. The van der Waals surface area contributed by atoms with Gasteiger partial charge in [-0.3, -0.25) is 4.90 Å². The Balaban J connectivity index is 1.64. The predicted octanol–water partition coefficient (Wildman–Crippen LogP) is 3.17. The molecule has 130 valence electrons. The van der Waals surface area contributed by atoms with Crippen molar-refractivity contribution in [2.24, 2.45) is 11.7 Å². The van der Waals surface area contributed by atoms with Crippen LogP contribution in [0.4, 0.5) is 0 Å². The molecule has 1 saturated heterocycles. The van der Waals surface area contributed by atoms with Gasteiger partial charge in [0.15, 0.2) is 0 Å². The van der Waals surface area contributed by atoms with E-state index in [4.69, 9.17) is 10.7 Å². The first-order chi connectivity index (χ1) is 12.2. The molecule has 0 unspecified atom stereocenters. The van der Waals surface area contributed by atoms with E-state index in [0.29, 0.717) is 5.92 Å². The molecule has 2 N–H and O–H groups in total. The van der Waals surface area contributed by atoms with Gasteiger partial charge in [-0.1, -0.05) is 42.0 Å². The number of nitrogens with two attached hydrogens (primary N) is 1. The molecule has 4 heteroatoms. The quantitative estimate of drug-likeness (QED) is 0.779. The molecule has 0 amide bonds. The summed E-state index contributed by atoms with van der Waals surface area (Å²) < 4.78 is 2.37. The van der Waals surface area contributed by atoms with Crippen LogP contribution in [-0.2, 0) is 13.1 Å². The molecule has 0 bridgehead atoms. The Morgan fingerprint density at radius 2 is 1.88 bits per heavy atom. The predicted molar refractivity (Wildman–Crippen MR) is 102 cm³/mol. The van der Waals surface area contributed by atoms with Gasteiger partial charge in [0.2, 0.25) is 0 Å². The molecule has 2 aromatic carbocycles.